The lowest BCUT2D eigenvalue weighted by atomic mass is 9.66. The summed E-state index contributed by atoms with van der Waals surface area (Å²) < 4.78 is 11.9. The van der Waals surface area contributed by atoms with Crippen molar-refractivity contribution in [2.75, 3.05) is 19.6 Å². The summed E-state index contributed by atoms with van der Waals surface area (Å²) in [5.74, 6) is 3.21. The molecule has 2 unspecified atom stereocenters. The van der Waals surface area contributed by atoms with Gasteiger partial charge in [0.25, 0.3) is 0 Å². The zero-order valence-electron chi connectivity index (χ0n) is 14.7. The molecule has 7 rings (SSSR count). The van der Waals surface area contributed by atoms with Crippen LogP contribution in [0.4, 0.5) is 0 Å². The molecule has 1 saturated carbocycles. The minimum absolute atomic E-state index is 0.373. The van der Waals surface area contributed by atoms with E-state index in [1.165, 1.54) is 32.5 Å². The lowest BCUT2D eigenvalue weighted by Gasteiger charge is -2.55. The zero-order chi connectivity index (χ0) is 17.1. The predicted molar refractivity (Wildman–Crippen MR) is 100 cm³/mol. The number of rotatable bonds is 3. The second-order valence-electron chi connectivity index (χ2n) is 8.21. The van der Waals surface area contributed by atoms with Gasteiger partial charge in [-0.25, -0.2) is 0 Å². The third-order valence-corrected chi connectivity index (χ3v) is 6.46. The topological polar surface area (TPSA) is 38.5 Å². The Morgan fingerprint density at radius 1 is 1.00 bits per heavy atom. The maximum Gasteiger partial charge on any atom is 0.138 e. The summed E-state index contributed by atoms with van der Waals surface area (Å²) in [5, 5.41) is 1.10. The number of ether oxygens (including phenoxy) is 1. The Morgan fingerprint density at radius 3 is 2.65 bits per heavy atom. The van der Waals surface area contributed by atoms with Crippen LogP contribution in [0.1, 0.15) is 12.8 Å². The van der Waals surface area contributed by atoms with Crippen molar-refractivity contribution in [1.29, 1.82) is 0 Å². The van der Waals surface area contributed by atoms with Crippen molar-refractivity contribution in [3.63, 3.8) is 0 Å². The molecule has 0 spiro atoms. The van der Waals surface area contributed by atoms with E-state index in [2.05, 4.69) is 34.1 Å². The van der Waals surface area contributed by atoms with Crippen molar-refractivity contribution < 1.29 is 9.15 Å². The smallest absolute Gasteiger partial charge is 0.138 e. The summed E-state index contributed by atoms with van der Waals surface area (Å²) in [6, 6.07) is 12.3. The van der Waals surface area contributed by atoms with Gasteiger partial charge in [-0.3, -0.25) is 4.98 Å². The summed E-state index contributed by atoms with van der Waals surface area (Å²) in [7, 11) is 0. The first-order valence-electron chi connectivity index (χ1n) is 9.64. The molecule has 132 valence electrons. The van der Waals surface area contributed by atoms with Crippen LogP contribution in [-0.2, 0) is 0 Å². The summed E-state index contributed by atoms with van der Waals surface area (Å²) in [6.07, 6.45) is 6.67. The van der Waals surface area contributed by atoms with Crippen molar-refractivity contribution in [2.24, 2.45) is 17.8 Å². The van der Waals surface area contributed by atoms with E-state index in [0.29, 0.717) is 17.9 Å². The molecule has 1 aliphatic carbocycles. The Bertz CT molecular complexity index is 918. The number of nitrogens with zero attached hydrogens (tertiary/aromatic N) is 2. The fourth-order valence-electron chi connectivity index (χ4n) is 5.46. The van der Waals surface area contributed by atoms with E-state index < -0.39 is 0 Å². The molecule has 1 aromatic carbocycles. The number of piperidine rings is 3. The molecule has 0 radical (unpaired) electrons. The molecule has 4 heteroatoms. The van der Waals surface area contributed by atoms with Crippen molar-refractivity contribution in [1.82, 2.24) is 9.88 Å². The van der Waals surface area contributed by atoms with E-state index in [1.54, 1.807) is 6.26 Å². The van der Waals surface area contributed by atoms with Crippen molar-refractivity contribution in [3.8, 4) is 17.0 Å². The van der Waals surface area contributed by atoms with Crippen LogP contribution in [0.2, 0.25) is 0 Å². The highest BCUT2D eigenvalue weighted by Gasteiger charge is 2.48. The van der Waals surface area contributed by atoms with Gasteiger partial charge in [0, 0.05) is 42.4 Å². The second kappa shape index (κ2) is 5.58. The monoisotopic (exact) mass is 346 g/mol. The van der Waals surface area contributed by atoms with E-state index in [4.69, 9.17) is 9.15 Å². The molecule has 4 bridgehead atoms. The fraction of sp³-hybridized carbons (Fsp3) is 0.409. The SMILES string of the molecule is c1cc2cc(-c3ccc(OC4C5CC6CC4CN(C6)C5)cn3)ccc2o1. The predicted octanol–water partition coefficient (Wildman–Crippen LogP) is 4.21. The molecule has 2 aromatic heterocycles. The van der Waals surface area contributed by atoms with E-state index >= 15 is 0 Å². The Kier molecular flexibility index (Phi) is 3.18. The van der Waals surface area contributed by atoms with Crippen LogP contribution in [-0.4, -0.2) is 35.6 Å². The van der Waals surface area contributed by atoms with Gasteiger partial charge < -0.3 is 14.1 Å². The van der Waals surface area contributed by atoms with Crippen LogP contribution < -0.4 is 4.74 Å². The average molecular weight is 346 g/mol. The summed E-state index contributed by atoms with van der Waals surface area (Å²) in [4.78, 5) is 7.30. The van der Waals surface area contributed by atoms with E-state index in [1.807, 2.05) is 18.3 Å². The Balaban J connectivity index is 1.23. The third kappa shape index (κ3) is 2.36. The first kappa shape index (κ1) is 14.8. The first-order valence-corrected chi connectivity index (χ1v) is 9.64. The molecule has 4 fully saturated rings. The number of benzene rings is 1. The van der Waals surface area contributed by atoms with Gasteiger partial charge in [0.05, 0.1) is 18.2 Å². The molecule has 4 aliphatic rings. The van der Waals surface area contributed by atoms with E-state index in [0.717, 1.165) is 33.9 Å². The number of aromatic nitrogens is 1. The number of hydrogen-bond acceptors (Lipinski definition) is 4. The summed E-state index contributed by atoms with van der Waals surface area (Å²) in [5.41, 5.74) is 2.98. The van der Waals surface area contributed by atoms with Crippen LogP contribution in [0.25, 0.3) is 22.2 Å². The Morgan fingerprint density at radius 2 is 1.88 bits per heavy atom. The van der Waals surface area contributed by atoms with Crippen LogP contribution in [0, 0.1) is 17.8 Å². The maximum atomic E-state index is 6.44. The first-order chi connectivity index (χ1) is 12.8. The molecular formula is C22H22N2O2. The van der Waals surface area contributed by atoms with Gasteiger partial charge in [0.15, 0.2) is 0 Å². The molecule has 4 nitrogen and oxygen atoms in total. The molecule has 5 heterocycles. The van der Waals surface area contributed by atoms with Crippen molar-refractivity contribution in [3.05, 3.63) is 48.9 Å². The number of hydrogen-bond donors (Lipinski definition) is 0. The van der Waals surface area contributed by atoms with Gasteiger partial charge >= 0.3 is 0 Å². The number of pyridine rings is 1. The zero-order valence-corrected chi connectivity index (χ0v) is 14.7. The Labute approximate surface area is 152 Å². The number of fused-ring (bicyclic) bond motifs is 1. The van der Waals surface area contributed by atoms with Gasteiger partial charge in [-0.1, -0.05) is 0 Å². The van der Waals surface area contributed by atoms with Crippen molar-refractivity contribution >= 4 is 11.0 Å². The van der Waals surface area contributed by atoms with Crippen molar-refractivity contribution in [2.45, 2.75) is 18.9 Å². The normalized spacial score (nSPS) is 32.2. The van der Waals surface area contributed by atoms with Crippen LogP contribution in [0.3, 0.4) is 0 Å². The lowest BCUT2D eigenvalue weighted by molar-refractivity contribution is -0.0985. The lowest BCUT2D eigenvalue weighted by Crippen LogP contribution is -2.61. The van der Waals surface area contributed by atoms with Gasteiger partial charge in [-0.15, -0.1) is 0 Å². The minimum atomic E-state index is 0.373. The summed E-state index contributed by atoms with van der Waals surface area (Å²) in [6.45, 7) is 3.75. The third-order valence-electron chi connectivity index (χ3n) is 6.46. The fourth-order valence-corrected chi connectivity index (χ4v) is 5.46. The minimum Gasteiger partial charge on any atom is -0.488 e. The Hall–Kier alpha value is -2.33. The molecule has 0 amide bonds. The van der Waals surface area contributed by atoms with Gasteiger partial charge in [0.2, 0.25) is 0 Å². The highest BCUT2D eigenvalue weighted by molar-refractivity contribution is 5.82. The van der Waals surface area contributed by atoms with Crippen LogP contribution in [0.5, 0.6) is 5.75 Å². The largest absolute Gasteiger partial charge is 0.488 e. The van der Waals surface area contributed by atoms with E-state index in [-0.39, 0.29) is 0 Å². The van der Waals surface area contributed by atoms with Crippen LogP contribution >= 0.6 is 0 Å². The molecular weight excluding hydrogens is 324 g/mol. The highest BCUT2D eigenvalue weighted by atomic mass is 16.5. The van der Waals surface area contributed by atoms with Crippen LogP contribution in [0.15, 0.2) is 53.3 Å². The molecule has 3 aliphatic heterocycles. The van der Waals surface area contributed by atoms with E-state index in [9.17, 15) is 0 Å². The molecule has 3 aromatic rings. The van der Waals surface area contributed by atoms with Gasteiger partial charge in [-0.2, -0.15) is 0 Å². The average Bonchev–Trinajstić information content (AvgIpc) is 3.12. The molecule has 0 N–H and O–H groups in total. The molecule has 2 atom stereocenters. The maximum absolute atomic E-state index is 6.44. The van der Waals surface area contributed by atoms with Gasteiger partial charge in [0.1, 0.15) is 17.4 Å². The quantitative estimate of drug-likeness (QED) is 0.712. The highest BCUT2D eigenvalue weighted by Crippen LogP contribution is 2.44. The van der Waals surface area contributed by atoms with Gasteiger partial charge in [-0.05, 0) is 55.2 Å². The second-order valence-corrected chi connectivity index (χ2v) is 8.21. The molecule has 3 saturated heterocycles. The molecule has 26 heavy (non-hydrogen) atoms. The standard InChI is InChI=1S/C22H22N2O2/c1-4-21-16(5-6-25-21)9-15(1)20-3-2-19(10-23-20)26-22-17-7-14-8-18(22)13-24(11-14)12-17/h1-6,9-10,14,17-18,22H,7-8,11-13H2. The summed E-state index contributed by atoms with van der Waals surface area (Å²) >= 11 is 0. The number of furan rings is 1.